The lowest BCUT2D eigenvalue weighted by Gasteiger charge is -2.91. The van der Waals surface area contributed by atoms with Gasteiger partial charge in [-0.2, -0.15) is 0 Å². The molecule has 3 heteroatoms. The number of hydrogen-bond donors (Lipinski definition) is 0. The van der Waals surface area contributed by atoms with Crippen molar-refractivity contribution in [1.29, 1.82) is 0 Å². The molecule has 0 unspecified atom stereocenters. The van der Waals surface area contributed by atoms with Gasteiger partial charge in [-0.1, -0.05) is 97.1 Å². The number of anilines is 3. The Morgan fingerprint density at radius 3 is 1.87 bits per heavy atom. The second kappa shape index (κ2) is 10.5. The van der Waals surface area contributed by atoms with Gasteiger partial charge in [0.25, 0.3) is 0 Å². The summed E-state index contributed by atoms with van der Waals surface area (Å²) in [5, 5.41) is 5.24. The molecule has 0 amide bonds. The molecule has 0 aliphatic heterocycles. The predicted molar refractivity (Wildman–Crippen MR) is 227 cm³/mol. The summed E-state index contributed by atoms with van der Waals surface area (Å²) in [6, 6.07) is 61.4. The van der Waals surface area contributed by atoms with Crippen LogP contribution in [0.3, 0.4) is 0 Å². The number of nitrogens with zero attached hydrogens (tertiary/aromatic N) is 2. The molecule has 2 atom stereocenters. The van der Waals surface area contributed by atoms with Crippen LogP contribution in [0.2, 0.25) is 0 Å². The fourth-order valence-corrected chi connectivity index (χ4v) is 13.6. The standard InChI is InChI=1S/C51H38N2S/c1-5-16-45(53-46-17-6-2-13-41(46)42-14-3-7-18-47(42)53)40(12-1)32-20-22-37(23-21-32)52(39-24-25-49-44(29-39)43-15-4-8-19-48(43)54-49)38-11-9-10-33(28-38)50-30-35-26-34-27-36(31-50)51(34,35)50/h1-25,28-29,34-36H,26-27,30-31H2/t34?,35-,36-,50?,51?/m0/s1. The van der Waals surface area contributed by atoms with Gasteiger partial charge < -0.3 is 9.47 Å². The van der Waals surface area contributed by atoms with E-state index < -0.39 is 0 Å². The molecular formula is C51H38N2S. The van der Waals surface area contributed by atoms with Gasteiger partial charge in [0.1, 0.15) is 0 Å². The molecule has 4 fully saturated rings. The third kappa shape index (κ3) is 3.62. The monoisotopic (exact) mass is 710 g/mol. The van der Waals surface area contributed by atoms with E-state index in [1.54, 1.807) is 5.56 Å². The topological polar surface area (TPSA) is 8.17 Å². The van der Waals surface area contributed by atoms with Crippen LogP contribution in [0, 0.1) is 23.2 Å². The first-order valence-electron chi connectivity index (χ1n) is 19.7. The Hall–Kier alpha value is -5.64. The van der Waals surface area contributed by atoms with Crippen LogP contribution < -0.4 is 4.90 Å². The molecule has 0 bridgehead atoms. The summed E-state index contributed by atoms with van der Waals surface area (Å²) in [4.78, 5) is 2.51. The highest BCUT2D eigenvalue weighted by atomic mass is 32.1. The van der Waals surface area contributed by atoms with Gasteiger partial charge in [0, 0.05) is 59.0 Å². The maximum atomic E-state index is 2.57. The second-order valence-electron chi connectivity index (χ2n) is 16.6. The van der Waals surface area contributed by atoms with Gasteiger partial charge in [0.15, 0.2) is 0 Å². The fourth-order valence-electron chi connectivity index (χ4n) is 12.5. The van der Waals surface area contributed by atoms with Gasteiger partial charge in [-0.25, -0.2) is 0 Å². The molecular weight excluding hydrogens is 673 g/mol. The summed E-state index contributed by atoms with van der Waals surface area (Å²) < 4.78 is 5.12. The minimum Gasteiger partial charge on any atom is -0.310 e. The number of hydrogen-bond acceptors (Lipinski definition) is 2. The molecule has 2 nitrogen and oxygen atoms in total. The zero-order valence-corrected chi connectivity index (χ0v) is 30.8. The molecule has 2 heterocycles. The molecule has 0 N–H and O–H groups in total. The Kier molecular flexibility index (Phi) is 5.80. The van der Waals surface area contributed by atoms with Gasteiger partial charge >= 0.3 is 0 Å². The molecule has 0 saturated heterocycles. The molecule has 258 valence electrons. The largest absolute Gasteiger partial charge is 0.310 e. The first-order valence-corrected chi connectivity index (χ1v) is 20.5. The molecule has 4 aliphatic rings. The summed E-state index contributed by atoms with van der Waals surface area (Å²) in [5.41, 5.74) is 12.4. The Labute approximate surface area is 318 Å². The van der Waals surface area contributed by atoms with E-state index in [-0.39, 0.29) is 0 Å². The van der Waals surface area contributed by atoms with Crippen LogP contribution in [0.1, 0.15) is 31.2 Å². The van der Waals surface area contributed by atoms with Crippen LogP contribution in [0.4, 0.5) is 17.1 Å². The zero-order valence-electron chi connectivity index (χ0n) is 30.0. The normalized spacial score (nSPS) is 24.7. The van der Waals surface area contributed by atoms with Crippen LogP contribution in [0.15, 0.2) is 164 Å². The van der Waals surface area contributed by atoms with E-state index in [1.165, 1.54) is 102 Å². The second-order valence-corrected chi connectivity index (χ2v) is 17.7. The average molecular weight is 711 g/mol. The number of benzene rings is 7. The van der Waals surface area contributed by atoms with E-state index >= 15 is 0 Å². The molecule has 4 aliphatic carbocycles. The third-order valence-corrected chi connectivity index (χ3v) is 15.8. The highest BCUT2D eigenvalue weighted by Crippen LogP contribution is 2.92. The van der Waals surface area contributed by atoms with Gasteiger partial charge in [0.05, 0.1) is 16.7 Å². The third-order valence-electron chi connectivity index (χ3n) is 14.6. The van der Waals surface area contributed by atoms with Crippen molar-refractivity contribution in [1.82, 2.24) is 4.57 Å². The summed E-state index contributed by atoms with van der Waals surface area (Å²) in [6.07, 6.45) is 5.78. The van der Waals surface area contributed by atoms with Crippen LogP contribution in [0.25, 0.3) is 58.8 Å². The van der Waals surface area contributed by atoms with Crippen molar-refractivity contribution >= 4 is 70.4 Å². The Morgan fingerprint density at radius 2 is 1.13 bits per heavy atom. The molecule has 54 heavy (non-hydrogen) atoms. The Bertz CT molecular complexity index is 2920. The van der Waals surface area contributed by atoms with E-state index in [2.05, 4.69) is 173 Å². The van der Waals surface area contributed by atoms with Gasteiger partial charge in [0.2, 0.25) is 0 Å². The van der Waals surface area contributed by atoms with E-state index in [4.69, 9.17) is 0 Å². The van der Waals surface area contributed by atoms with Crippen LogP contribution in [-0.4, -0.2) is 4.57 Å². The minimum atomic E-state index is 0.416. The first-order chi connectivity index (χ1) is 26.7. The van der Waals surface area contributed by atoms with Crippen molar-refractivity contribution in [3.63, 3.8) is 0 Å². The van der Waals surface area contributed by atoms with E-state index in [1.807, 2.05) is 11.3 Å². The number of aromatic nitrogens is 1. The van der Waals surface area contributed by atoms with Gasteiger partial charge in [-0.15, -0.1) is 11.3 Å². The lowest BCUT2D eigenvalue weighted by Crippen LogP contribution is -2.87. The van der Waals surface area contributed by atoms with Crippen molar-refractivity contribution in [2.24, 2.45) is 23.2 Å². The van der Waals surface area contributed by atoms with E-state index in [9.17, 15) is 0 Å². The number of para-hydroxylation sites is 3. The molecule has 0 radical (unpaired) electrons. The molecule has 1 spiro atoms. The highest BCUT2D eigenvalue weighted by molar-refractivity contribution is 7.25. The average Bonchev–Trinajstić information content (AvgIpc) is 3.73. The summed E-state index contributed by atoms with van der Waals surface area (Å²) in [6.45, 7) is 0. The quantitative estimate of drug-likeness (QED) is 0.167. The Morgan fingerprint density at radius 1 is 0.500 bits per heavy atom. The lowest BCUT2D eigenvalue weighted by molar-refractivity contribution is -0.395. The van der Waals surface area contributed by atoms with Gasteiger partial charge in [-0.3, -0.25) is 0 Å². The smallest absolute Gasteiger partial charge is 0.0541 e. The predicted octanol–water partition coefficient (Wildman–Crippen LogP) is 14.0. The van der Waals surface area contributed by atoms with E-state index in [0.717, 1.165) is 17.8 Å². The summed E-state index contributed by atoms with van der Waals surface area (Å²) in [5.74, 6) is 2.96. The SMILES string of the molecule is c1cc(N(c2ccc(-c3ccccc3-n3c4ccccc4c4ccccc43)cc2)c2ccc3sc4ccccc4c3c2)cc(C23C[C@@H]4CC5C[C@@H](C2)C543)c1. The Balaban J connectivity index is 0.953. The van der Waals surface area contributed by atoms with Crippen molar-refractivity contribution in [2.45, 2.75) is 31.1 Å². The van der Waals surface area contributed by atoms with Crippen LogP contribution in [0.5, 0.6) is 0 Å². The lowest BCUT2D eigenvalue weighted by atomic mass is 9.12. The maximum absolute atomic E-state index is 2.57. The van der Waals surface area contributed by atoms with Gasteiger partial charge in [-0.05, 0) is 127 Å². The van der Waals surface area contributed by atoms with Crippen molar-refractivity contribution < 1.29 is 0 Å². The molecule has 7 aromatic carbocycles. The van der Waals surface area contributed by atoms with Crippen LogP contribution >= 0.6 is 11.3 Å². The van der Waals surface area contributed by atoms with Crippen LogP contribution in [-0.2, 0) is 5.41 Å². The number of rotatable bonds is 6. The maximum Gasteiger partial charge on any atom is 0.0541 e. The molecule has 9 aromatic rings. The zero-order chi connectivity index (χ0) is 35.2. The minimum absolute atomic E-state index is 0.416. The van der Waals surface area contributed by atoms with E-state index in [0.29, 0.717) is 10.8 Å². The molecule has 2 aromatic heterocycles. The highest BCUT2D eigenvalue weighted by Gasteiger charge is 2.87. The number of fused-ring (bicyclic) bond motifs is 6. The number of thiophene rings is 1. The first kappa shape index (κ1) is 29.8. The molecule has 13 rings (SSSR count). The van der Waals surface area contributed by atoms with Crippen molar-refractivity contribution in [3.8, 4) is 16.8 Å². The van der Waals surface area contributed by atoms with Crippen molar-refractivity contribution in [2.75, 3.05) is 4.90 Å². The molecule has 4 saturated carbocycles. The fraction of sp³-hybridized carbons (Fsp3) is 0.176. The summed E-state index contributed by atoms with van der Waals surface area (Å²) in [7, 11) is 0. The summed E-state index contributed by atoms with van der Waals surface area (Å²) >= 11 is 1.89. The van der Waals surface area contributed by atoms with Crippen molar-refractivity contribution in [3.05, 3.63) is 169 Å².